The molecule has 142 valence electrons. The van der Waals surface area contributed by atoms with Gasteiger partial charge in [-0.3, -0.25) is 0 Å². The van der Waals surface area contributed by atoms with Gasteiger partial charge in [-0.05, 0) is 31.0 Å². The molecule has 0 bridgehead atoms. The summed E-state index contributed by atoms with van der Waals surface area (Å²) in [5, 5.41) is 0. The minimum atomic E-state index is -3.53. The molecule has 26 heavy (non-hydrogen) atoms. The lowest BCUT2D eigenvalue weighted by molar-refractivity contribution is -0.139. The van der Waals surface area contributed by atoms with E-state index in [9.17, 15) is 13.2 Å². The molecule has 0 atom stereocenters. The van der Waals surface area contributed by atoms with Gasteiger partial charge in [-0.25, -0.2) is 22.5 Å². The zero-order valence-corrected chi connectivity index (χ0v) is 16.4. The van der Waals surface area contributed by atoms with Crippen molar-refractivity contribution in [3.8, 4) is 0 Å². The maximum Gasteiger partial charge on any atom is 0.330 e. The summed E-state index contributed by atoms with van der Waals surface area (Å²) < 4.78 is 33.0. The Bertz CT molecular complexity index is 914. The summed E-state index contributed by atoms with van der Waals surface area (Å²) in [5.74, 6) is 0.178. The van der Waals surface area contributed by atoms with E-state index >= 15 is 0 Å². The van der Waals surface area contributed by atoms with Crippen molar-refractivity contribution in [1.29, 1.82) is 0 Å². The van der Waals surface area contributed by atoms with E-state index in [1.54, 1.807) is 24.3 Å². The van der Waals surface area contributed by atoms with Crippen molar-refractivity contribution in [2.75, 3.05) is 14.1 Å². The van der Waals surface area contributed by atoms with Crippen molar-refractivity contribution in [1.82, 2.24) is 13.9 Å². The fraction of sp³-hybridized carbons (Fsp3) is 0.444. The number of rotatable bonds is 8. The summed E-state index contributed by atoms with van der Waals surface area (Å²) in [7, 11) is -0.551. The Labute approximate surface area is 154 Å². The summed E-state index contributed by atoms with van der Waals surface area (Å²) in [6, 6.07) is 4.88. The monoisotopic (exact) mass is 379 g/mol. The Balaban J connectivity index is 2.39. The number of nitrogens with zero attached hydrogens (tertiary/aromatic N) is 3. The van der Waals surface area contributed by atoms with Crippen LogP contribution in [0.5, 0.6) is 0 Å². The Morgan fingerprint density at radius 3 is 2.65 bits per heavy atom. The first kappa shape index (κ1) is 20.1. The van der Waals surface area contributed by atoms with Crippen LogP contribution in [0.1, 0.15) is 32.5 Å². The summed E-state index contributed by atoms with van der Waals surface area (Å²) in [6.45, 7) is 4.71. The minimum Gasteiger partial charge on any atom is -0.454 e. The molecule has 0 radical (unpaired) electrons. The van der Waals surface area contributed by atoms with Crippen molar-refractivity contribution in [2.24, 2.45) is 0 Å². The molecule has 0 spiro atoms. The maximum atomic E-state index is 12.3. The molecule has 0 saturated carbocycles. The van der Waals surface area contributed by atoms with E-state index in [4.69, 9.17) is 4.74 Å². The largest absolute Gasteiger partial charge is 0.454 e. The maximum absolute atomic E-state index is 12.3. The standard InChI is InChI=1S/C18H25N3O4S/c1-5-7-8-18(22)25-13-17-19-15-12-14(26(23,24)20(3)4)9-10-16(15)21(17)11-6-2/h7-10,12H,5-6,11,13H2,1-4H3/b8-7+. The molecule has 0 aliphatic rings. The van der Waals surface area contributed by atoms with Crippen molar-refractivity contribution in [3.05, 3.63) is 36.2 Å². The normalized spacial score (nSPS) is 12.3. The van der Waals surface area contributed by atoms with E-state index in [-0.39, 0.29) is 11.5 Å². The third-order valence-electron chi connectivity index (χ3n) is 3.86. The van der Waals surface area contributed by atoms with Gasteiger partial charge in [0.25, 0.3) is 0 Å². The van der Waals surface area contributed by atoms with Gasteiger partial charge in [0.05, 0.1) is 15.9 Å². The van der Waals surface area contributed by atoms with Crippen LogP contribution in [0.4, 0.5) is 0 Å². The minimum absolute atomic E-state index is 0.0390. The quantitative estimate of drug-likeness (QED) is 0.520. The van der Waals surface area contributed by atoms with Crippen molar-refractivity contribution >= 4 is 27.0 Å². The number of ether oxygens (including phenoxy) is 1. The van der Waals surface area contributed by atoms with Crippen molar-refractivity contribution in [2.45, 2.75) is 44.7 Å². The van der Waals surface area contributed by atoms with Gasteiger partial charge in [-0.2, -0.15) is 0 Å². The lowest BCUT2D eigenvalue weighted by atomic mass is 10.3. The SMILES string of the molecule is CC/C=C/C(=O)OCc1nc2cc(S(=O)(=O)N(C)C)ccc2n1CCC. The van der Waals surface area contributed by atoms with Gasteiger partial charge >= 0.3 is 5.97 Å². The van der Waals surface area contributed by atoms with Gasteiger partial charge in [0.2, 0.25) is 10.0 Å². The lowest BCUT2D eigenvalue weighted by Crippen LogP contribution is -2.22. The molecule has 2 aromatic rings. The van der Waals surface area contributed by atoms with Crippen LogP contribution in [0, 0.1) is 0 Å². The zero-order chi connectivity index (χ0) is 19.3. The third-order valence-corrected chi connectivity index (χ3v) is 5.67. The van der Waals surface area contributed by atoms with Gasteiger partial charge in [0, 0.05) is 26.7 Å². The van der Waals surface area contributed by atoms with Crippen LogP contribution in [0.15, 0.2) is 35.2 Å². The Hall–Kier alpha value is -2.19. The van der Waals surface area contributed by atoms with Crippen LogP contribution in [0.25, 0.3) is 11.0 Å². The fourth-order valence-electron chi connectivity index (χ4n) is 2.51. The van der Waals surface area contributed by atoms with Crippen LogP contribution < -0.4 is 0 Å². The first-order chi connectivity index (χ1) is 12.3. The predicted octanol–water partition coefficient (Wildman–Crippen LogP) is 2.71. The van der Waals surface area contributed by atoms with E-state index in [2.05, 4.69) is 4.98 Å². The average molecular weight is 379 g/mol. The molecule has 1 aromatic heterocycles. The Morgan fingerprint density at radius 1 is 1.31 bits per heavy atom. The third kappa shape index (κ3) is 4.31. The van der Waals surface area contributed by atoms with E-state index in [0.717, 1.165) is 18.4 Å². The Kier molecular flexibility index (Phi) is 6.55. The van der Waals surface area contributed by atoms with Gasteiger partial charge in [0.15, 0.2) is 0 Å². The van der Waals surface area contributed by atoms with Crippen LogP contribution >= 0.6 is 0 Å². The molecule has 1 aromatic carbocycles. The van der Waals surface area contributed by atoms with E-state index < -0.39 is 16.0 Å². The molecule has 8 heteroatoms. The molecular weight excluding hydrogens is 354 g/mol. The fourth-order valence-corrected chi connectivity index (χ4v) is 3.43. The first-order valence-corrected chi connectivity index (χ1v) is 10.00. The summed E-state index contributed by atoms with van der Waals surface area (Å²) in [5.41, 5.74) is 1.39. The number of esters is 1. The van der Waals surface area contributed by atoms with E-state index in [1.165, 1.54) is 24.5 Å². The van der Waals surface area contributed by atoms with Crippen molar-refractivity contribution in [3.63, 3.8) is 0 Å². The Morgan fingerprint density at radius 2 is 2.04 bits per heavy atom. The number of carbonyl (C=O) groups is 1. The number of allylic oxidation sites excluding steroid dienone is 1. The predicted molar refractivity (Wildman–Crippen MR) is 100 cm³/mol. The number of carbonyl (C=O) groups excluding carboxylic acids is 1. The second-order valence-electron chi connectivity index (χ2n) is 6.04. The molecule has 0 aliphatic heterocycles. The summed E-state index contributed by atoms with van der Waals surface area (Å²) in [6.07, 6.45) is 4.76. The molecular formula is C18H25N3O4S. The highest BCUT2D eigenvalue weighted by Gasteiger charge is 2.20. The van der Waals surface area contributed by atoms with Crippen molar-refractivity contribution < 1.29 is 17.9 Å². The molecule has 1 heterocycles. The van der Waals surface area contributed by atoms with E-state index in [0.29, 0.717) is 17.9 Å². The number of hydrogen-bond acceptors (Lipinski definition) is 5. The topological polar surface area (TPSA) is 81.5 Å². The zero-order valence-electron chi connectivity index (χ0n) is 15.6. The molecule has 2 rings (SSSR count). The molecule has 0 saturated heterocycles. The smallest absolute Gasteiger partial charge is 0.330 e. The number of imidazole rings is 1. The number of sulfonamides is 1. The first-order valence-electron chi connectivity index (χ1n) is 8.56. The summed E-state index contributed by atoms with van der Waals surface area (Å²) in [4.78, 5) is 16.4. The number of aromatic nitrogens is 2. The highest BCUT2D eigenvalue weighted by molar-refractivity contribution is 7.89. The molecule has 0 N–H and O–H groups in total. The molecule has 0 unspecified atom stereocenters. The number of hydrogen-bond donors (Lipinski definition) is 0. The molecule has 7 nitrogen and oxygen atoms in total. The highest BCUT2D eigenvalue weighted by atomic mass is 32.2. The summed E-state index contributed by atoms with van der Waals surface area (Å²) >= 11 is 0. The molecule has 0 fully saturated rings. The second-order valence-corrected chi connectivity index (χ2v) is 8.19. The van der Waals surface area contributed by atoms with Gasteiger partial charge in [-0.15, -0.1) is 0 Å². The lowest BCUT2D eigenvalue weighted by Gasteiger charge is -2.11. The highest BCUT2D eigenvalue weighted by Crippen LogP contribution is 2.23. The van der Waals surface area contributed by atoms with Crippen LogP contribution in [0.2, 0.25) is 0 Å². The number of benzene rings is 1. The van der Waals surface area contributed by atoms with Gasteiger partial charge in [-0.1, -0.05) is 19.9 Å². The van der Waals surface area contributed by atoms with Gasteiger partial charge < -0.3 is 9.30 Å². The number of fused-ring (bicyclic) bond motifs is 1. The second kappa shape index (κ2) is 8.46. The molecule has 0 aliphatic carbocycles. The van der Waals surface area contributed by atoms with Crippen LogP contribution in [-0.4, -0.2) is 42.3 Å². The molecule has 0 amide bonds. The van der Waals surface area contributed by atoms with E-state index in [1.807, 2.05) is 18.4 Å². The van der Waals surface area contributed by atoms with Crippen LogP contribution in [-0.2, 0) is 32.7 Å². The number of aryl methyl sites for hydroxylation is 1. The van der Waals surface area contributed by atoms with Gasteiger partial charge in [0.1, 0.15) is 12.4 Å². The average Bonchev–Trinajstić information content (AvgIpc) is 2.95. The van der Waals surface area contributed by atoms with Crippen LogP contribution in [0.3, 0.4) is 0 Å².